The quantitative estimate of drug-likeness (QED) is 0.375. The van der Waals surface area contributed by atoms with Gasteiger partial charge < -0.3 is 14.1 Å². The zero-order valence-electron chi connectivity index (χ0n) is 21.5. The second kappa shape index (κ2) is 10.2. The van der Waals surface area contributed by atoms with Gasteiger partial charge >= 0.3 is 0 Å². The number of furan rings is 1. The number of tetrazole rings is 1. The Labute approximate surface area is 215 Å². The Morgan fingerprint density at radius 3 is 2.73 bits per heavy atom. The van der Waals surface area contributed by atoms with E-state index >= 15 is 0 Å². The fourth-order valence-electron chi connectivity index (χ4n) is 6.00. The summed E-state index contributed by atoms with van der Waals surface area (Å²) in [5.41, 5.74) is 3.55. The summed E-state index contributed by atoms with van der Waals surface area (Å²) in [5.74, 6) is 1.53. The SMILES string of the molecule is Cc1ccc(C)c2[nH]c(=O)c([C@@H](c3nnnn3C3CCCC3)N(Cc3ccco3)C[C@H]3CCCO3)cc12. The van der Waals surface area contributed by atoms with E-state index in [1.54, 1.807) is 6.26 Å². The number of hydrogen-bond acceptors (Lipinski definition) is 7. The Morgan fingerprint density at radius 2 is 1.97 bits per heavy atom. The lowest BCUT2D eigenvalue weighted by Gasteiger charge is -2.32. The van der Waals surface area contributed by atoms with Gasteiger partial charge in [-0.1, -0.05) is 25.0 Å². The maximum Gasteiger partial charge on any atom is 0.253 e. The molecule has 9 nitrogen and oxygen atoms in total. The topological polar surface area (TPSA) is 102 Å². The summed E-state index contributed by atoms with van der Waals surface area (Å²) < 4.78 is 13.8. The van der Waals surface area contributed by atoms with Crippen LogP contribution >= 0.6 is 0 Å². The van der Waals surface area contributed by atoms with Gasteiger partial charge in [0.25, 0.3) is 5.56 Å². The number of H-pyrrole nitrogens is 1. The Bertz CT molecular complexity index is 1410. The monoisotopic (exact) mass is 502 g/mol. The van der Waals surface area contributed by atoms with Crippen LogP contribution in [-0.4, -0.2) is 49.3 Å². The van der Waals surface area contributed by atoms with Crippen molar-refractivity contribution in [1.29, 1.82) is 0 Å². The van der Waals surface area contributed by atoms with Gasteiger partial charge in [0.05, 0.1) is 30.5 Å². The third-order valence-electron chi connectivity index (χ3n) is 7.97. The first-order valence-corrected chi connectivity index (χ1v) is 13.4. The van der Waals surface area contributed by atoms with E-state index in [-0.39, 0.29) is 17.7 Å². The molecule has 9 heteroatoms. The predicted molar refractivity (Wildman–Crippen MR) is 139 cm³/mol. The zero-order chi connectivity index (χ0) is 25.4. The van der Waals surface area contributed by atoms with Gasteiger partial charge in [0.15, 0.2) is 5.82 Å². The molecule has 2 atom stereocenters. The molecule has 2 aliphatic rings. The van der Waals surface area contributed by atoms with Gasteiger partial charge in [-0.25, -0.2) is 4.68 Å². The van der Waals surface area contributed by atoms with Crippen LogP contribution in [0.1, 0.15) is 78.9 Å². The average Bonchev–Trinajstić information content (AvgIpc) is 3.70. The van der Waals surface area contributed by atoms with Gasteiger partial charge in [-0.3, -0.25) is 9.69 Å². The number of pyridine rings is 1. The number of aromatic amines is 1. The van der Waals surface area contributed by atoms with E-state index in [1.165, 1.54) is 0 Å². The number of nitrogens with zero attached hydrogens (tertiary/aromatic N) is 5. The van der Waals surface area contributed by atoms with Crippen molar-refractivity contribution in [3.8, 4) is 0 Å². The van der Waals surface area contributed by atoms with Crippen LogP contribution in [0.25, 0.3) is 10.9 Å². The van der Waals surface area contributed by atoms with Crippen LogP contribution in [0.5, 0.6) is 0 Å². The number of rotatable bonds is 8. The molecule has 0 radical (unpaired) electrons. The minimum atomic E-state index is -0.460. The molecule has 4 heterocycles. The Hall–Kier alpha value is -3.30. The van der Waals surface area contributed by atoms with E-state index in [2.05, 4.69) is 38.4 Å². The Balaban J connectivity index is 1.53. The molecule has 4 aromatic rings. The van der Waals surface area contributed by atoms with Crippen LogP contribution in [0.15, 0.2) is 45.8 Å². The molecular weight excluding hydrogens is 468 g/mol. The first-order chi connectivity index (χ1) is 18.1. The predicted octanol–water partition coefficient (Wildman–Crippen LogP) is 4.61. The number of nitrogens with one attached hydrogen (secondary N) is 1. The molecule has 1 N–H and O–H groups in total. The van der Waals surface area contributed by atoms with Gasteiger partial charge in [-0.05, 0) is 79.3 Å². The van der Waals surface area contributed by atoms with Crippen molar-refractivity contribution in [3.05, 3.63) is 75.2 Å². The largest absolute Gasteiger partial charge is 0.468 e. The van der Waals surface area contributed by atoms with E-state index in [1.807, 2.05) is 35.9 Å². The van der Waals surface area contributed by atoms with Crippen LogP contribution in [0, 0.1) is 13.8 Å². The molecule has 1 saturated heterocycles. The number of hydrogen-bond donors (Lipinski definition) is 1. The summed E-state index contributed by atoms with van der Waals surface area (Å²) in [6.45, 7) is 6.02. The lowest BCUT2D eigenvalue weighted by Crippen LogP contribution is -2.39. The van der Waals surface area contributed by atoms with Gasteiger partial charge in [0.1, 0.15) is 11.8 Å². The van der Waals surface area contributed by atoms with E-state index in [9.17, 15) is 4.79 Å². The minimum absolute atomic E-state index is 0.0804. The molecule has 1 aliphatic heterocycles. The third-order valence-corrected chi connectivity index (χ3v) is 7.97. The fourth-order valence-corrected chi connectivity index (χ4v) is 6.00. The van der Waals surface area contributed by atoms with E-state index in [4.69, 9.17) is 9.15 Å². The molecule has 0 bridgehead atoms. The lowest BCUT2D eigenvalue weighted by molar-refractivity contribution is 0.0541. The highest BCUT2D eigenvalue weighted by atomic mass is 16.5. The molecule has 1 saturated carbocycles. The zero-order valence-corrected chi connectivity index (χ0v) is 21.5. The number of aryl methyl sites for hydroxylation is 2. The Kier molecular flexibility index (Phi) is 6.65. The van der Waals surface area contributed by atoms with Gasteiger partial charge in [-0.15, -0.1) is 5.10 Å². The molecule has 37 heavy (non-hydrogen) atoms. The molecule has 1 aliphatic carbocycles. The molecule has 194 valence electrons. The average molecular weight is 503 g/mol. The van der Waals surface area contributed by atoms with E-state index in [0.717, 1.165) is 72.9 Å². The standard InChI is InChI=1S/C28H34N6O3/c1-18-11-12-19(2)25-23(18)15-24(28(35)29-25)26(27-30-31-32-34(27)20-7-3-4-8-20)33(16-21-9-5-13-36-21)17-22-10-6-14-37-22/h5,9,11-13,15,20,22,26H,3-4,6-8,10,14,16-17H2,1-2H3,(H,29,35)/t22-,26+/m1/s1. The molecule has 0 spiro atoms. The van der Waals surface area contributed by atoms with Crippen molar-refractivity contribution in [2.75, 3.05) is 13.2 Å². The summed E-state index contributed by atoms with van der Waals surface area (Å²) in [5, 5.41) is 14.2. The highest BCUT2D eigenvalue weighted by molar-refractivity contribution is 5.85. The summed E-state index contributed by atoms with van der Waals surface area (Å²) in [4.78, 5) is 19.2. The van der Waals surface area contributed by atoms with Crippen molar-refractivity contribution in [3.63, 3.8) is 0 Å². The van der Waals surface area contributed by atoms with Crippen LogP contribution in [-0.2, 0) is 11.3 Å². The third kappa shape index (κ3) is 4.73. The highest BCUT2D eigenvalue weighted by Crippen LogP contribution is 2.35. The van der Waals surface area contributed by atoms with Crippen LogP contribution < -0.4 is 5.56 Å². The smallest absolute Gasteiger partial charge is 0.253 e. The molecule has 1 aromatic carbocycles. The summed E-state index contributed by atoms with van der Waals surface area (Å²) in [7, 11) is 0. The van der Waals surface area contributed by atoms with E-state index in [0.29, 0.717) is 24.5 Å². The molecule has 2 fully saturated rings. The molecular formula is C28H34N6O3. The second-order valence-corrected chi connectivity index (χ2v) is 10.5. The summed E-state index contributed by atoms with van der Waals surface area (Å²) in [6.07, 6.45) is 8.21. The lowest BCUT2D eigenvalue weighted by atomic mass is 9.98. The van der Waals surface area contributed by atoms with Crippen molar-refractivity contribution in [2.45, 2.75) is 77.1 Å². The van der Waals surface area contributed by atoms with Crippen LogP contribution in [0.4, 0.5) is 0 Å². The number of benzene rings is 1. The van der Waals surface area contributed by atoms with Gasteiger partial charge in [0, 0.05) is 24.1 Å². The normalized spacial score (nSPS) is 19.4. The Morgan fingerprint density at radius 1 is 1.14 bits per heavy atom. The van der Waals surface area contributed by atoms with E-state index < -0.39 is 6.04 Å². The van der Waals surface area contributed by atoms with Crippen LogP contribution in [0.2, 0.25) is 0 Å². The summed E-state index contributed by atoms with van der Waals surface area (Å²) >= 11 is 0. The number of aromatic nitrogens is 5. The maximum atomic E-state index is 13.8. The van der Waals surface area contributed by atoms with Crippen molar-refractivity contribution < 1.29 is 9.15 Å². The maximum absolute atomic E-state index is 13.8. The molecule has 0 amide bonds. The molecule has 3 aromatic heterocycles. The fraction of sp³-hybridized carbons (Fsp3) is 0.500. The molecule has 0 unspecified atom stereocenters. The number of fused-ring (bicyclic) bond motifs is 1. The second-order valence-electron chi connectivity index (χ2n) is 10.5. The molecule has 6 rings (SSSR count). The van der Waals surface area contributed by atoms with Crippen molar-refractivity contribution >= 4 is 10.9 Å². The van der Waals surface area contributed by atoms with Crippen molar-refractivity contribution in [2.24, 2.45) is 0 Å². The van der Waals surface area contributed by atoms with Crippen molar-refractivity contribution in [1.82, 2.24) is 30.1 Å². The summed E-state index contributed by atoms with van der Waals surface area (Å²) in [6, 6.07) is 9.83. The highest BCUT2D eigenvalue weighted by Gasteiger charge is 2.35. The number of ether oxygens (including phenoxy) is 1. The minimum Gasteiger partial charge on any atom is -0.468 e. The van der Waals surface area contributed by atoms with Gasteiger partial charge in [-0.2, -0.15) is 0 Å². The van der Waals surface area contributed by atoms with Gasteiger partial charge in [0.2, 0.25) is 0 Å². The first kappa shape index (κ1) is 24.1. The van der Waals surface area contributed by atoms with Crippen LogP contribution in [0.3, 0.4) is 0 Å². The first-order valence-electron chi connectivity index (χ1n) is 13.4.